The molecule has 3 amide bonds. The minimum atomic E-state index is -1.39. The van der Waals surface area contributed by atoms with E-state index in [4.69, 9.17) is 9.47 Å². The normalized spacial score (nSPS) is 12.7. The lowest BCUT2D eigenvalue weighted by molar-refractivity contribution is -0.130. The van der Waals surface area contributed by atoms with Gasteiger partial charge in [-0.15, -0.1) is 6.58 Å². The molecule has 2 aromatic rings. The van der Waals surface area contributed by atoms with Gasteiger partial charge in [-0.1, -0.05) is 18.2 Å². The number of alkyl carbamates (subject to hydrolysis) is 1. The van der Waals surface area contributed by atoms with Crippen molar-refractivity contribution in [2.45, 2.75) is 51.3 Å². The van der Waals surface area contributed by atoms with E-state index < -0.39 is 42.2 Å². The molecule has 0 unspecified atom stereocenters. The van der Waals surface area contributed by atoms with Crippen molar-refractivity contribution in [1.29, 1.82) is 0 Å². The van der Waals surface area contributed by atoms with Crippen molar-refractivity contribution in [2.24, 2.45) is 5.10 Å². The Morgan fingerprint density at radius 3 is 2.30 bits per heavy atom. The van der Waals surface area contributed by atoms with Crippen LogP contribution in [0.15, 0.2) is 54.2 Å². The number of aliphatic hydroxyl groups excluding tert-OH is 1. The molecule has 2 atom stereocenters. The third-order valence-electron chi connectivity index (χ3n) is 5.35. The van der Waals surface area contributed by atoms with Crippen LogP contribution in [0.5, 0.6) is 17.2 Å². The molecule has 0 radical (unpaired) electrons. The van der Waals surface area contributed by atoms with Gasteiger partial charge < -0.3 is 35.4 Å². The van der Waals surface area contributed by atoms with Crippen molar-refractivity contribution in [3.8, 4) is 17.2 Å². The van der Waals surface area contributed by atoms with Gasteiger partial charge in [-0.25, -0.2) is 10.2 Å². The number of methoxy groups -OCH3 is 1. The van der Waals surface area contributed by atoms with Crippen molar-refractivity contribution in [3.63, 3.8) is 0 Å². The predicted octanol–water partition coefficient (Wildman–Crippen LogP) is 1.90. The Morgan fingerprint density at radius 2 is 1.73 bits per heavy atom. The first-order valence-electron chi connectivity index (χ1n) is 12.4. The van der Waals surface area contributed by atoms with E-state index in [-0.39, 0.29) is 23.7 Å². The summed E-state index contributed by atoms with van der Waals surface area (Å²) in [5, 5.41) is 38.3. The van der Waals surface area contributed by atoms with Crippen LogP contribution in [0, 0.1) is 0 Å². The molecule has 12 heteroatoms. The first kappa shape index (κ1) is 31.6. The third-order valence-corrected chi connectivity index (χ3v) is 5.35. The fraction of sp³-hybridized carbons (Fsp3) is 0.357. The number of phenolic OH excluding ortho intramolecular Hbond substituents is 2. The number of allylic oxidation sites excluding steroid dienone is 1. The second-order valence-corrected chi connectivity index (χ2v) is 9.77. The van der Waals surface area contributed by atoms with E-state index in [0.717, 1.165) is 0 Å². The summed E-state index contributed by atoms with van der Waals surface area (Å²) in [6, 6.07) is 6.65. The second-order valence-electron chi connectivity index (χ2n) is 9.77. The number of nitrogens with one attached hydrogen (secondary N) is 3. The van der Waals surface area contributed by atoms with E-state index in [1.165, 1.54) is 31.5 Å². The van der Waals surface area contributed by atoms with Gasteiger partial charge in [-0.05, 0) is 62.6 Å². The summed E-state index contributed by atoms with van der Waals surface area (Å²) >= 11 is 0. The molecular weight excluding hydrogens is 520 g/mol. The maximum absolute atomic E-state index is 13.1. The van der Waals surface area contributed by atoms with Crippen LogP contribution in [0.3, 0.4) is 0 Å². The van der Waals surface area contributed by atoms with E-state index in [9.17, 15) is 29.7 Å². The van der Waals surface area contributed by atoms with Gasteiger partial charge in [0.2, 0.25) is 5.91 Å². The number of aliphatic hydroxyl groups is 1. The highest BCUT2D eigenvalue weighted by Crippen LogP contribution is 2.31. The van der Waals surface area contributed by atoms with Gasteiger partial charge in [0, 0.05) is 12.0 Å². The lowest BCUT2D eigenvalue weighted by Gasteiger charge is -2.24. The summed E-state index contributed by atoms with van der Waals surface area (Å²) in [7, 11) is 1.41. The van der Waals surface area contributed by atoms with Crippen LogP contribution in [0.1, 0.15) is 37.5 Å². The summed E-state index contributed by atoms with van der Waals surface area (Å²) < 4.78 is 10.3. The van der Waals surface area contributed by atoms with Crippen LogP contribution in [0.2, 0.25) is 0 Å². The van der Waals surface area contributed by atoms with E-state index in [0.29, 0.717) is 23.1 Å². The van der Waals surface area contributed by atoms with E-state index >= 15 is 0 Å². The van der Waals surface area contributed by atoms with Gasteiger partial charge in [0.15, 0.2) is 11.5 Å². The van der Waals surface area contributed by atoms with Crippen molar-refractivity contribution in [2.75, 3.05) is 13.7 Å². The largest absolute Gasteiger partial charge is 0.508 e. The molecule has 6 N–H and O–H groups in total. The molecule has 2 rings (SSSR count). The van der Waals surface area contributed by atoms with Crippen molar-refractivity contribution < 1.29 is 39.2 Å². The van der Waals surface area contributed by atoms with Crippen molar-refractivity contribution in [3.05, 3.63) is 65.7 Å². The molecule has 0 spiro atoms. The zero-order valence-corrected chi connectivity index (χ0v) is 22.9. The standard InChI is InChI=1S/C28H36N4O8/c1-6-7-19-12-18(14-23(39-5)24(19)35)15-29-32-26(37)21(13-17-8-10-20(34)11-9-17)30-25(36)22(16-33)31-27(38)40-28(2,3)4/h6,8-12,14-15,21-22,33-35H,1,7,13,16H2,2-5H3,(H,30,36)(H,31,38)(H,32,37)/b29-15-/t21-,22-/m0/s1. The Balaban J connectivity index is 2.21. The van der Waals surface area contributed by atoms with Crippen LogP contribution in [-0.4, -0.2) is 70.8 Å². The Hall–Kier alpha value is -4.58. The van der Waals surface area contributed by atoms with Gasteiger partial charge in [-0.3, -0.25) is 9.59 Å². The van der Waals surface area contributed by atoms with Crippen LogP contribution in [0.25, 0.3) is 0 Å². The quantitative estimate of drug-likeness (QED) is 0.130. The summed E-state index contributed by atoms with van der Waals surface area (Å²) in [6.45, 7) is 7.86. The maximum Gasteiger partial charge on any atom is 0.408 e. The predicted molar refractivity (Wildman–Crippen MR) is 148 cm³/mol. The fourth-order valence-electron chi connectivity index (χ4n) is 3.47. The fourth-order valence-corrected chi connectivity index (χ4v) is 3.47. The maximum atomic E-state index is 13.1. The van der Waals surface area contributed by atoms with Gasteiger partial charge in [0.1, 0.15) is 23.4 Å². The van der Waals surface area contributed by atoms with Crippen molar-refractivity contribution in [1.82, 2.24) is 16.1 Å². The van der Waals surface area contributed by atoms with Crippen LogP contribution >= 0.6 is 0 Å². The van der Waals surface area contributed by atoms with Gasteiger partial charge in [-0.2, -0.15) is 5.10 Å². The number of aromatic hydroxyl groups is 2. The number of carbonyl (C=O) groups excluding carboxylic acids is 3. The molecule has 0 aliphatic carbocycles. The van der Waals surface area contributed by atoms with E-state index in [1.807, 2.05) is 0 Å². The summed E-state index contributed by atoms with van der Waals surface area (Å²) in [4.78, 5) is 38.1. The third kappa shape index (κ3) is 9.95. The molecule has 40 heavy (non-hydrogen) atoms. The average molecular weight is 557 g/mol. The summed E-state index contributed by atoms with van der Waals surface area (Å²) in [6.07, 6.45) is 2.43. The molecule has 0 saturated carbocycles. The number of carbonyl (C=O) groups is 3. The smallest absolute Gasteiger partial charge is 0.408 e. The van der Waals surface area contributed by atoms with Gasteiger partial charge in [0.25, 0.3) is 5.91 Å². The number of phenols is 2. The number of hydrogen-bond acceptors (Lipinski definition) is 9. The topological polar surface area (TPSA) is 179 Å². The molecule has 0 aliphatic rings. The number of hydrogen-bond donors (Lipinski definition) is 6. The van der Waals surface area contributed by atoms with Crippen LogP contribution in [-0.2, 0) is 27.2 Å². The molecule has 0 saturated heterocycles. The SMILES string of the molecule is C=CCc1cc(/C=N\NC(=O)[C@H](Cc2ccc(O)cc2)NC(=O)[C@H](CO)NC(=O)OC(C)(C)C)cc(OC)c1O. The number of amides is 3. The Morgan fingerprint density at radius 1 is 1.05 bits per heavy atom. The number of rotatable bonds is 12. The average Bonchev–Trinajstić information content (AvgIpc) is 2.88. The zero-order chi connectivity index (χ0) is 29.9. The van der Waals surface area contributed by atoms with E-state index in [1.54, 1.807) is 45.0 Å². The molecule has 0 aliphatic heterocycles. The highest BCUT2D eigenvalue weighted by atomic mass is 16.6. The van der Waals surface area contributed by atoms with Crippen molar-refractivity contribution >= 4 is 24.1 Å². The number of nitrogens with zero attached hydrogens (tertiary/aromatic N) is 1. The summed E-state index contributed by atoms with van der Waals surface area (Å²) in [5.74, 6) is -1.30. The minimum Gasteiger partial charge on any atom is -0.508 e. The molecular formula is C28H36N4O8. The Bertz CT molecular complexity index is 1220. The van der Waals surface area contributed by atoms with Crippen LogP contribution in [0.4, 0.5) is 4.79 Å². The summed E-state index contributed by atoms with van der Waals surface area (Å²) in [5.41, 5.74) is 3.22. The molecule has 216 valence electrons. The molecule has 0 aromatic heterocycles. The van der Waals surface area contributed by atoms with Gasteiger partial charge in [0.05, 0.1) is 19.9 Å². The Kier molecular flexibility index (Phi) is 11.5. The second kappa shape index (κ2) is 14.5. The Labute approximate surface area is 232 Å². The lowest BCUT2D eigenvalue weighted by atomic mass is 10.0. The minimum absolute atomic E-state index is 0.00841. The molecule has 2 aromatic carbocycles. The first-order chi connectivity index (χ1) is 18.9. The molecule has 0 fully saturated rings. The number of hydrazone groups is 1. The monoisotopic (exact) mass is 556 g/mol. The highest BCUT2D eigenvalue weighted by Gasteiger charge is 2.28. The number of benzene rings is 2. The lowest BCUT2D eigenvalue weighted by Crippen LogP contribution is -2.55. The highest BCUT2D eigenvalue weighted by molar-refractivity contribution is 5.92. The molecule has 12 nitrogen and oxygen atoms in total. The molecule has 0 heterocycles. The van der Waals surface area contributed by atoms with Gasteiger partial charge >= 0.3 is 6.09 Å². The number of ether oxygens (including phenoxy) is 2. The van der Waals surface area contributed by atoms with Crippen LogP contribution < -0.4 is 20.8 Å². The molecule has 0 bridgehead atoms. The zero-order valence-electron chi connectivity index (χ0n) is 22.9. The van der Waals surface area contributed by atoms with E-state index in [2.05, 4.69) is 27.7 Å². The first-order valence-corrected chi connectivity index (χ1v) is 12.4.